The number of nitrogens with one attached hydrogen (secondary N) is 1. The number of amides is 1. The molecule has 0 unspecified atom stereocenters. The number of carbonyl (C=O) groups is 1. The smallest absolute Gasteiger partial charge is 0.252 e. The Morgan fingerprint density at radius 3 is 2.41 bits per heavy atom. The average Bonchev–Trinajstić information content (AvgIpc) is 3.00. The van der Waals surface area contributed by atoms with Crippen LogP contribution in [0.4, 0.5) is 5.69 Å². The predicted octanol–water partition coefficient (Wildman–Crippen LogP) is 4.12. The zero-order chi connectivity index (χ0) is 15.6. The predicted molar refractivity (Wildman–Crippen MR) is 89.9 cm³/mol. The fraction of sp³-hybridized carbons (Fsp3) is 0.278. The van der Waals surface area contributed by atoms with E-state index in [-0.39, 0.29) is 11.4 Å². The van der Waals surface area contributed by atoms with Gasteiger partial charge >= 0.3 is 0 Å². The van der Waals surface area contributed by atoms with Crippen molar-refractivity contribution in [1.29, 1.82) is 0 Å². The number of hydrogen-bond acceptors (Lipinski definition) is 2. The normalized spacial score (nSPS) is 16.4. The first kappa shape index (κ1) is 14.9. The van der Waals surface area contributed by atoms with Crippen LogP contribution in [0.15, 0.2) is 48.5 Å². The van der Waals surface area contributed by atoms with E-state index in [4.69, 9.17) is 17.3 Å². The quantitative estimate of drug-likeness (QED) is 0.837. The molecule has 1 saturated carbocycles. The van der Waals surface area contributed by atoms with Gasteiger partial charge in [-0.15, -0.1) is 0 Å². The maximum absolute atomic E-state index is 12.6. The molecule has 0 aromatic heterocycles. The minimum atomic E-state index is -0.271. The fourth-order valence-corrected chi connectivity index (χ4v) is 3.31. The molecule has 2 aromatic rings. The van der Waals surface area contributed by atoms with Crippen molar-refractivity contribution in [2.24, 2.45) is 0 Å². The lowest BCUT2D eigenvalue weighted by Crippen LogP contribution is -2.43. The Kier molecular flexibility index (Phi) is 4.08. The molecule has 4 heteroatoms. The van der Waals surface area contributed by atoms with Gasteiger partial charge < -0.3 is 11.1 Å². The summed E-state index contributed by atoms with van der Waals surface area (Å²) in [7, 11) is 0. The molecule has 0 saturated heterocycles. The van der Waals surface area contributed by atoms with Gasteiger partial charge in [0.25, 0.3) is 5.91 Å². The van der Waals surface area contributed by atoms with Crippen LogP contribution < -0.4 is 11.1 Å². The maximum Gasteiger partial charge on any atom is 0.252 e. The molecule has 0 aliphatic heterocycles. The summed E-state index contributed by atoms with van der Waals surface area (Å²) in [5.41, 5.74) is 7.67. The minimum absolute atomic E-state index is 0.103. The number of hydrogen-bond donors (Lipinski definition) is 2. The van der Waals surface area contributed by atoms with Crippen molar-refractivity contribution in [3.05, 3.63) is 64.7 Å². The molecular weight excluding hydrogens is 296 g/mol. The second-order valence-electron chi connectivity index (χ2n) is 5.85. The second kappa shape index (κ2) is 6.01. The van der Waals surface area contributed by atoms with Crippen LogP contribution in [0.2, 0.25) is 5.02 Å². The van der Waals surface area contributed by atoms with Crippen molar-refractivity contribution >= 4 is 23.2 Å². The molecule has 3 nitrogen and oxygen atoms in total. The van der Waals surface area contributed by atoms with Gasteiger partial charge in [-0.05, 0) is 36.6 Å². The van der Waals surface area contributed by atoms with Crippen LogP contribution >= 0.6 is 11.6 Å². The van der Waals surface area contributed by atoms with E-state index >= 15 is 0 Å². The Balaban J connectivity index is 1.88. The number of benzene rings is 2. The van der Waals surface area contributed by atoms with Gasteiger partial charge in [-0.1, -0.05) is 54.8 Å². The summed E-state index contributed by atoms with van der Waals surface area (Å²) >= 11 is 5.92. The van der Waals surface area contributed by atoms with Crippen LogP contribution in [0.5, 0.6) is 0 Å². The number of carbonyl (C=O) groups excluding carboxylic acids is 1. The molecule has 1 aliphatic rings. The first-order valence-electron chi connectivity index (χ1n) is 7.54. The Morgan fingerprint density at radius 2 is 1.77 bits per heavy atom. The number of rotatable bonds is 3. The Morgan fingerprint density at radius 1 is 1.09 bits per heavy atom. The van der Waals surface area contributed by atoms with Crippen LogP contribution in [0.1, 0.15) is 41.6 Å². The van der Waals surface area contributed by atoms with E-state index in [2.05, 4.69) is 17.4 Å². The maximum atomic E-state index is 12.6. The van der Waals surface area contributed by atoms with Gasteiger partial charge in [-0.2, -0.15) is 0 Å². The third-order valence-corrected chi connectivity index (χ3v) is 4.74. The topological polar surface area (TPSA) is 55.1 Å². The van der Waals surface area contributed by atoms with Crippen molar-refractivity contribution < 1.29 is 4.79 Å². The lowest BCUT2D eigenvalue weighted by atomic mass is 9.88. The highest BCUT2D eigenvalue weighted by molar-refractivity contribution is 6.33. The van der Waals surface area contributed by atoms with E-state index in [1.54, 1.807) is 18.2 Å². The van der Waals surface area contributed by atoms with Crippen molar-refractivity contribution in [2.45, 2.75) is 31.2 Å². The van der Waals surface area contributed by atoms with Gasteiger partial charge in [-0.25, -0.2) is 0 Å². The first-order valence-corrected chi connectivity index (χ1v) is 7.92. The zero-order valence-electron chi connectivity index (χ0n) is 12.3. The highest BCUT2D eigenvalue weighted by atomic mass is 35.5. The molecule has 1 fully saturated rings. The summed E-state index contributed by atoms with van der Waals surface area (Å²) in [6.45, 7) is 0. The van der Waals surface area contributed by atoms with E-state index in [1.807, 2.05) is 18.2 Å². The highest BCUT2D eigenvalue weighted by Gasteiger charge is 2.37. The Bertz CT molecular complexity index is 679. The third kappa shape index (κ3) is 2.81. The molecule has 0 radical (unpaired) electrons. The van der Waals surface area contributed by atoms with Crippen LogP contribution in [-0.4, -0.2) is 5.91 Å². The third-order valence-electron chi connectivity index (χ3n) is 4.39. The molecule has 2 aromatic carbocycles. The molecular formula is C18H19ClN2O. The second-order valence-corrected chi connectivity index (χ2v) is 6.25. The average molecular weight is 315 g/mol. The van der Waals surface area contributed by atoms with Crippen molar-refractivity contribution in [2.75, 3.05) is 5.73 Å². The zero-order valence-corrected chi connectivity index (χ0v) is 13.1. The molecule has 0 atom stereocenters. The molecule has 0 bridgehead atoms. The van der Waals surface area contributed by atoms with Gasteiger partial charge in [0, 0.05) is 5.56 Å². The van der Waals surface area contributed by atoms with Gasteiger partial charge in [0.15, 0.2) is 0 Å². The molecule has 3 rings (SSSR count). The summed E-state index contributed by atoms with van der Waals surface area (Å²) in [5.74, 6) is -0.103. The van der Waals surface area contributed by atoms with Gasteiger partial charge in [0.2, 0.25) is 0 Å². The molecule has 22 heavy (non-hydrogen) atoms. The number of halogens is 1. The van der Waals surface area contributed by atoms with Gasteiger partial charge in [0.05, 0.1) is 16.2 Å². The molecule has 114 valence electrons. The molecule has 0 heterocycles. The molecule has 3 N–H and O–H groups in total. The summed E-state index contributed by atoms with van der Waals surface area (Å²) in [5, 5.41) is 3.70. The van der Waals surface area contributed by atoms with E-state index in [1.165, 1.54) is 5.56 Å². The van der Waals surface area contributed by atoms with Crippen LogP contribution in [0.3, 0.4) is 0 Å². The minimum Gasteiger partial charge on any atom is -0.398 e. The van der Waals surface area contributed by atoms with Crippen molar-refractivity contribution in [1.82, 2.24) is 5.32 Å². The SMILES string of the molecule is Nc1cc(C(=O)NC2(c3ccccc3)CCCC2)ccc1Cl. The highest BCUT2D eigenvalue weighted by Crippen LogP contribution is 2.39. The lowest BCUT2D eigenvalue weighted by Gasteiger charge is -2.31. The monoisotopic (exact) mass is 314 g/mol. The first-order chi connectivity index (χ1) is 10.6. The van der Waals surface area contributed by atoms with Gasteiger partial charge in [-0.3, -0.25) is 4.79 Å². The van der Waals surface area contributed by atoms with E-state index in [0.29, 0.717) is 16.3 Å². The van der Waals surface area contributed by atoms with Crippen molar-refractivity contribution in [3.63, 3.8) is 0 Å². The lowest BCUT2D eigenvalue weighted by molar-refractivity contribution is 0.0898. The molecule has 0 spiro atoms. The number of nitrogens with two attached hydrogens (primary N) is 1. The van der Waals surface area contributed by atoms with Crippen LogP contribution in [0, 0.1) is 0 Å². The number of nitrogen functional groups attached to an aromatic ring is 1. The molecule has 1 amide bonds. The standard InChI is InChI=1S/C18H19ClN2O/c19-15-9-8-13(12-16(15)20)17(22)21-18(10-4-5-11-18)14-6-2-1-3-7-14/h1-3,6-9,12H,4-5,10-11,20H2,(H,21,22). The summed E-state index contributed by atoms with van der Waals surface area (Å²) in [4.78, 5) is 12.6. The fourth-order valence-electron chi connectivity index (χ4n) is 3.20. The van der Waals surface area contributed by atoms with Crippen molar-refractivity contribution in [3.8, 4) is 0 Å². The summed E-state index contributed by atoms with van der Waals surface area (Å²) in [6, 6.07) is 15.2. The van der Waals surface area contributed by atoms with E-state index < -0.39 is 0 Å². The summed E-state index contributed by atoms with van der Waals surface area (Å²) < 4.78 is 0. The van der Waals surface area contributed by atoms with Crippen LogP contribution in [-0.2, 0) is 5.54 Å². The van der Waals surface area contributed by atoms with E-state index in [9.17, 15) is 4.79 Å². The van der Waals surface area contributed by atoms with Gasteiger partial charge in [0.1, 0.15) is 0 Å². The Labute approximate surface area is 135 Å². The number of anilines is 1. The van der Waals surface area contributed by atoms with Crippen LogP contribution in [0.25, 0.3) is 0 Å². The Hall–Kier alpha value is -2.00. The van der Waals surface area contributed by atoms with E-state index in [0.717, 1.165) is 25.7 Å². The summed E-state index contributed by atoms with van der Waals surface area (Å²) in [6.07, 6.45) is 4.17. The molecule has 1 aliphatic carbocycles. The largest absolute Gasteiger partial charge is 0.398 e.